The summed E-state index contributed by atoms with van der Waals surface area (Å²) in [5.41, 5.74) is 0.683. The fourth-order valence-corrected chi connectivity index (χ4v) is 2.36. The van der Waals surface area contributed by atoms with Crippen LogP contribution >= 0.6 is 23.2 Å². The van der Waals surface area contributed by atoms with Crippen molar-refractivity contribution in [1.82, 2.24) is 10.3 Å². The predicted molar refractivity (Wildman–Crippen MR) is 78.0 cm³/mol. The number of nitrogens with zero attached hydrogens (tertiary/aromatic N) is 1. The monoisotopic (exact) mass is 310 g/mol. The zero-order valence-electron chi connectivity index (χ0n) is 10.4. The van der Waals surface area contributed by atoms with Crippen molar-refractivity contribution < 1.29 is 9.90 Å². The first-order chi connectivity index (χ1) is 9.59. The van der Waals surface area contributed by atoms with Crippen molar-refractivity contribution in [1.29, 1.82) is 0 Å². The number of benzene rings is 1. The van der Waals surface area contributed by atoms with Crippen LogP contribution in [0.4, 0.5) is 0 Å². The maximum atomic E-state index is 11.8. The number of aliphatic hydroxyl groups is 1. The van der Waals surface area contributed by atoms with Gasteiger partial charge in [0.2, 0.25) is 0 Å². The molecule has 2 rings (SSSR count). The van der Waals surface area contributed by atoms with E-state index in [9.17, 15) is 9.90 Å². The predicted octanol–water partition coefficient (Wildman–Crippen LogP) is 2.85. The second-order valence-corrected chi connectivity index (χ2v) is 4.89. The van der Waals surface area contributed by atoms with Gasteiger partial charge in [-0.1, -0.05) is 35.3 Å². The molecule has 2 N–H and O–H groups in total. The molecule has 1 atom stereocenters. The van der Waals surface area contributed by atoms with Crippen molar-refractivity contribution in [2.45, 2.75) is 6.10 Å². The molecule has 4 nitrogen and oxygen atoms in total. The number of carbonyl (C=O) groups is 1. The van der Waals surface area contributed by atoms with Gasteiger partial charge < -0.3 is 10.4 Å². The zero-order valence-corrected chi connectivity index (χ0v) is 11.9. The quantitative estimate of drug-likeness (QED) is 0.912. The highest BCUT2D eigenvalue weighted by atomic mass is 35.5. The molecule has 0 aliphatic carbocycles. The number of aromatic nitrogens is 1. The van der Waals surface area contributed by atoms with Crippen LogP contribution in [-0.4, -0.2) is 22.5 Å². The van der Waals surface area contributed by atoms with Crippen LogP contribution in [-0.2, 0) is 0 Å². The van der Waals surface area contributed by atoms with E-state index in [4.69, 9.17) is 23.2 Å². The summed E-state index contributed by atoms with van der Waals surface area (Å²) >= 11 is 12.0. The summed E-state index contributed by atoms with van der Waals surface area (Å²) in [4.78, 5) is 15.7. The van der Waals surface area contributed by atoms with Gasteiger partial charge in [0.25, 0.3) is 5.91 Å². The van der Waals surface area contributed by atoms with Crippen LogP contribution in [0, 0.1) is 0 Å². The Balaban J connectivity index is 2.02. The molecule has 1 heterocycles. The molecule has 0 aliphatic heterocycles. The summed E-state index contributed by atoms with van der Waals surface area (Å²) in [5.74, 6) is -0.368. The van der Waals surface area contributed by atoms with E-state index in [2.05, 4.69) is 10.3 Å². The minimum Gasteiger partial charge on any atom is -0.386 e. The van der Waals surface area contributed by atoms with Crippen molar-refractivity contribution in [2.24, 2.45) is 0 Å². The number of rotatable bonds is 4. The highest BCUT2D eigenvalue weighted by molar-refractivity contribution is 6.36. The Kier molecular flexibility index (Phi) is 4.95. The molecule has 0 spiro atoms. The van der Waals surface area contributed by atoms with Gasteiger partial charge in [0.05, 0.1) is 6.10 Å². The first kappa shape index (κ1) is 14.8. The Morgan fingerprint density at radius 2 is 1.90 bits per heavy atom. The summed E-state index contributed by atoms with van der Waals surface area (Å²) < 4.78 is 0. The van der Waals surface area contributed by atoms with E-state index < -0.39 is 6.10 Å². The number of hydrogen-bond acceptors (Lipinski definition) is 3. The minimum atomic E-state index is -0.983. The Morgan fingerprint density at radius 3 is 2.50 bits per heavy atom. The summed E-state index contributed by atoms with van der Waals surface area (Å²) in [5, 5.41) is 13.4. The highest BCUT2D eigenvalue weighted by Gasteiger charge is 2.16. The van der Waals surface area contributed by atoms with Crippen molar-refractivity contribution in [3.63, 3.8) is 0 Å². The maximum Gasteiger partial charge on any atom is 0.269 e. The lowest BCUT2D eigenvalue weighted by Gasteiger charge is -2.15. The third-order valence-corrected chi connectivity index (χ3v) is 3.35. The molecule has 104 valence electrons. The molecule has 1 aromatic heterocycles. The fourth-order valence-electron chi connectivity index (χ4n) is 1.71. The smallest absolute Gasteiger partial charge is 0.269 e. The summed E-state index contributed by atoms with van der Waals surface area (Å²) in [7, 11) is 0. The Hall–Kier alpha value is -1.62. The lowest BCUT2D eigenvalue weighted by Crippen LogP contribution is -2.29. The normalized spacial score (nSPS) is 11.9. The number of amides is 1. The fraction of sp³-hybridized carbons (Fsp3) is 0.143. The first-order valence-corrected chi connectivity index (χ1v) is 6.66. The number of hydrogen-bond donors (Lipinski definition) is 2. The molecular weight excluding hydrogens is 299 g/mol. The molecule has 1 amide bonds. The molecule has 0 saturated carbocycles. The van der Waals surface area contributed by atoms with E-state index in [-0.39, 0.29) is 18.1 Å². The Morgan fingerprint density at radius 1 is 1.20 bits per heavy atom. The maximum absolute atomic E-state index is 11.8. The molecule has 0 aliphatic rings. The molecule has 0 fully saturated rings. The standard InChI is InChI=1S/C14H12Cl2N2O2/c15-9-4-3-5-10(16)13(9)12(19)8-18-14(20)11-6-1-2-7-17-11/h1-7,12,19H,8H2,(H,18,20)/t12-/m0/s1. The SMILES string of the molecule is O=C(NC[C@H](O)c1c(Cl)cccc1Cl)c1ccccn1. The first-order valence-electron chi connectivity index (χ1n) is 5.91. The third kappa shape index (κ3) is 3.48. The second-order valence-electron chi connectivity index (χ2n) is 4.08. The van der Waals surface area contributed by atoms with E-state index >= 15 is 0 Å². The molecular formula is C14H12Cl2N2O2. The van der Waals surface area contributed by atoms with Gasteiger partial charge in [0.1, 0.15) is 5.69 Å². The van der Waals surface area contributed by atoms with Crippen LogP contribution in [0.25, 0.3) is 0 Å². The van der Waals surface area contributed by atoms with Gasteiger partial charge >= 0.3 is 0 Å². The van der Waals surface area contributed by atoms with Crippen LogP contribution in [0.5, 0.6) is 0 Å². The van der Waals surface area contributed by atoms with Gasteiger partial charge in [0, 0.05) is 28.4 Å². The number of carbonyl (C=O) groups excluding carboxylic acids is 1. The number of aliphatic hydroxyl groups excluding tert-OH is 1. The van der Waals surface area contributed by atoms with Gasteiger partial charge in [-0.25, -0.2) is 0 Å². The molecule has 0 saturated heterocycles. The number of pyridine rings is 1. The van der Waals surface area contributed by atoms with Crippen molar-refractivity contribution in [3.05, 3.63) is 63.9 Å². The van der Waals surface area contributed by atoms with E-state index in [0.717, 1.165) is 0 Å². The average Bonchev–Trinajstić information content (AvgIpc) is 2.45. The van der Waals surface area contributed by atoms with E-state index in [0.29, 0.717) is 15.6 Å². The lowest BCUT2D eigenvalue weighted by atomic mass is 10.1. The zero-order chi connectivity index (χ0) is 14.5. The largest absolute Gasteiger partial charge is 0.386 e. The van der Waals surface area contributed by atoms with E-state index in [1.807, 2.05) is 0 Å². The minimum absolute atomic E-state index is 0.00113. The van der Waals surface area contributed by atoms with Crippen LogP contribution in [0.15, 0.2) is 42.6 Å². The molecule has 6 heteroatoms. The van der Waals surface area contributed by atoms with Crippen LogP contribution in [0.2, 0.25) is 10.0 Å². The van der Waals surface area contributed by atoms with Crippen molar-refractivity contribution in [2.75, 3.05) is 6.54 Å². The average molecular weight is 311 g/mol. The molecule has 0 bridgehead atoms. The highest BCUT2D eigenvalue weighted by Crippen LogP contribution is 2.29. The van der Waals surface area contributed by atoms with Crippen LogP contribution in [0.1, 0.15) is 22.2 Å². The summed E-state index contributed by atoms with van der Waals surface area (Å²) in [6.45, 7) is -0.00113. The van der Waals surface area contributed by atoms with Crippen molar-refractivity contribution in [3.8, 4) is 0 Å². The second kappa shape index (κ2) is 6.70. The topological polar surface area (TPSA) is 62.2 Å². The van der Waals surface area contributed by atoms with Gasteiger partial charge in [-0.2, -0.15) is 0 Å². The van der Waals surface area contributed by atoms with Crippen LogP contribution < -0.4 is 5.32 Å². The number of nitrogens with one attached hydrogen (secondary N) is 1. The van der Waals surface area contributed by atoms with Crippen LogP contribution in [0.3, 0.4) is 0 Å². The van der Waals surface area contributed by atoms with E-state index in [1.54, 1.807) is 36.4 Å². The third-order valence-electron chi connectivity index (χ3n) is 2.69. The summed E-state index contributed by atoms with van der Waals surface area (Å²) in [6, 6.07) is 9.97. The van der Waals surface area contributed by atoms with Gasteiger partial charge in [-0.3, -0.25) is 9.78 Å². The Labute approximate surface area is 126 Å². The molecule has 1 aromatic carbocycles. The Bertz CT molecular complexity index is 585. The number of halogens is 2. The lowest BCUT2D eigenvalue weighted by molar-refractivity contribution is 0.0911. The molecule has 0 radical (unpaired) electrons. The molecule has 20 heavy (non-hydrogen) atoms. The van der Waals surface area contributed by atoms with Gasteiger partial charge in [-0.05, 0) is 24.3 Å². The summed E-state index contributed by atoms with van der Waals surface area (Å²) in [6.07, 6.45) is 0.542. The van der Waals surface area contributed by atoms with Gasteiger partial charge in [-0.15, -0.1) is 0 Å². The molecule has 2 aromatic rings. The van der Waals surface area contributed by atoms with E-state index in [1.165, 1.54) is 6.20 Å². The van der Waals surface area contributed by atoms with Gasteiger partial charge in [0.15, 0.2) is 0 Å². The molecule has 0 unspecified atom stereocenters. The van der Waals surface area contributed by atoms with Crippen molar-refractivity contribution >= 4 is 29.1 Å².